The van der Waals surface area contributed by atoms with Crippen LogP contribution < -0.4 is 0 Å². The Bertz CT molecular complexity index is 127. The molecule has 0 rings (SSSR count). The van der Waals surface area contributed by atoms with Gasteiger partial charge in [0, 0.05) is 20.2 Å². The number of hydrogen-bond donors (Lipinski definition) is 1. The summed E-state index contributed by atoms with van der Waals surface area (Å²) in [7, 11) is 1.33. The van der Waals surface area contributed by atoms with E-state index in [0.717, 1.165) is 0 Å². The van der Waals surface area contributed by atoms with Gasteiger partial charge in [-0.2, -0.15) is 4.31 Å². The van der Waals surface area contributed by atoms with Gasteiger partial charge < -0.3 is 4.74 Å². The molecule has 0 atom stereocenters. The first kappa shape index (κ1) is 13.0. The second-order valence-electron chi connectivity index (χ2n) is 2.14. The van der Waals surface area contributed by atoms with Crippen molar-refractivity contribution in [3.05, 3.63) is 0 Å². The van der Waals surface area contributed by atoms with Gasteiger partial charge in [0.15, 0.2) is 0 Å². The van der Waals surface area contributed by atoms with E-state index in [1.807, 2.05) is 0 Å². The third kappa shape index (κ3) is 6.11. The molecule has 0 heterocycles. The van der Waals surface area contributed by atoms with Crippen LogP contribution in [-0.2, 0) is 9.62 Å². The predicted octanol–water partition coefficient (Wildman–Crippen LogP) is 1.80. The van der Waals surface area contributed by atoms with E-state index in [1.165, 1.54) is 7.11 Å². The van der Waals surface area contributed by atoms with Crippen LogP contribution in [-0.4, -0.2) is 43.0 Å². The summed E-state index contributed by atoms with van der Waals surface area (Å²) in [6.45, 7) is -0.981. The van der Waals surface area contributed by atoms with Crippen LogP contribution in [0, 0.1) is 0 Å². The Balaban J connectivity index is 3.88. The van der Waals surface area contributed by atoms with Crippen LogP contribution in [0.3, 0.4) is 0 Å². The summed E-state index contributed by atoms with van der Waals surface area (Å²) in [6.07, 6.45) is 0. The highest BCUT2D eigenvalue weighted by atomic mass is 32.3. The van der Waals surface area contributed by atoms with Gasteiger partial charge in [-0.25, -0.2) is 4.89 Å². The Kier molecular flexibility index (Phi) is 6.43. The van der Waals surface area contributed by atoms with E-state index in [0.29, 0.717) is 0 Å². The maximum absolute atomic E-state index is 12.2. The fourth-order valence-electron chi connectivity index (χ4n) is 0.655. The number of ether oxygens (including phenoxy) is 1. The van der Waals surface area contributed by atoms with Crippen molar-refractivity contribution in [3.63, 3.8) is 0 Å². The Hall–Kier alpha value is -0.0200. The normalized spacial score (nSPS) is 13.7. The average Bonchev–Trinajstić information content (AvgIpc) is 2.02. The zero-order valence-electron chi connectivity index (χ0n) is 7.08. The standard InChI is InChI=1S/C5H12F3NO3S/c1-11-4-2-9(3-5-12-10)13(6,7)8/h10H,2-5H2,1H3. The molecule has 0 saturated carbocycles. The van der Waals surface area contributed by atoms with Gasteiger partial charge in [-0.3, -0.25) is 5.26 Å². The van der Waals surface area contributed by atoms with Gasteiger partial charge in [-0.15, -0.1) is 11.7 Å². The molecule has 0 amide bonds. The monoisotopic (exact) mass is 223 g/mol. The Labute approximate surface area is 76.5 Å². The van der Waals surface area contributed by atoms with E-state index in [-0.39, 0.29) is 30.6 Å². The van der Waals surface area contributed by atoms with E-state index in [9.17, 15) is 11.7 Å². The van der Waals surface area contributed by atoms with Gasteiger partial charge >= 0.3 is 0 Å². The first-order chi connectivity index (χ1) is 6.02. The molecule has 0 radical (unpaired) electrons. The molecule has 0 aromatic heterocycles. The summed E-state index contributed by atoms with van der Waals surface area (Å²) in [4.78, 5) is 3.58. The first-order valence-corrected chi connectivity index (χ1v) is 4.74. The first-order valence-electron chi connectivity index (χ1n) is 3.45. The summed E-state index contributed by atoms with van der Waals surface area (Å²) in [6, 6.07) is 0. The molecule has 82 valence electrons. The van der Waals surface area contributed by atoms with Crippen molar-refractivity contribution >= 4 is 11.4 Å². The largest absolute Gasteiger partial charge is 0.383 e. The van der Waals surface area contributed by atoms with Crippen LogP contribution in [0.15, 0.2) is 0 Å². The Morgan fingerprint density at radius 1 is 1.23 bits per heavy atom. The minimum absolute atomic E-state index is 0.00205. The van der Waals surface area contributed by atoms with Gasteiger partial charge in [-0.05, 0) is 0 Å². The highest BCUT2D eigenvalue weighted by Gasteiger charge is 2.30. The molecular weight excluding hydrogens is 211 g/mol. The van der Waals surface area contributed by atoms with E-state index in [2.05, 4.69) is 9.62 Å². The number of methoxy groups -OCH3 is 1. The minimum atomic E-state index is -5.25. The van der Waals surface area contributed by atoms with Crippen molar-refractivity contribution in [2.75, 3.05) is 33.4 Å². The highest BCUT2D eigenvalue weighted by Crippen LogP contribution is 2.56. The molecule has 0 fully saturated rings. The summed E-state index contributed by atoms with van der Waals surface area (Å²) in [5, 5.41) is 7.89. The number of hydrogen-bond acceptors (Lipinski definition) is 4. The van der Waals surface area contributed by atoms with Crippen molar-refractivity contribution < 1.29 is 26.5 Å². The number of rotatable bonds is 7. The third-order valence-electron chi connectivity index (χ3n) is 1.27. The lowest BCUT2D eigenvalue weighted by Crippen LogP contribution is -2.28. The molecule has 4 nitrogen and oxygen atoms in total. The molecule has 0 aliphatic rings. The molecule has 0 spiro atoms. The second kappa shape index (κ2) is 6.44. The third-order valence-corrected chi connectivity index (χ3v) is 2.22. The summed E-state index contributed by atoms with van der Waals surface area (Å²) in [5.74, 6) is 0. The molecule has 8 heteroatoms. The van der Waals surface area contributed by atoms with Crippen molar-refractivity contribution in [2.45, 2.75) is 0 Å². The van der Waals surface area contributed by atoms with E-state index >= 15 is 0 Å². The van der Waals surface area contributed by atoms with Gasteiger partial charge in [-0.1, -0.05) is 0 Å². The average molecular weight is 223 g/mol. The molecule has 0 unspecified atom stereocenters. The van der Waals surface area contributed by atoms with Crippen LogP contribution in [0.5, 0.6) is 0 Å². The molecule has 0 aromatic carbocycles. The van der Waals surface area contributed by atoms with Crippen LogP contribution in [0.2, 0.25) is 0 Å². The van der Waals surface area contributed by atoms with Gasteiger partial charge in [0.2, 0.25) is 0 Å². The molecule has 0 aliphatic heterocycles. The number of halogens is 3. The lowest BCUT2D eigenvalue weighted by atomic mass is 10.6. The topological polar surface area (TPSA) is 41.9 Å². The van der Waals surface area contributed by atoms with Gasteiger partial charge in [0.25, 0.3) is 11.4 Å². The Morgan fingerprint density at radius 3 is 2.15 bits per heavy atom. The Morgan fingerprint density at radius 2 is 1.77 bits per heavy atom. The summed E-state index contributed by atoms with van der Waals surface area (Å²) < 4.78 is 41.4. The molecule has 0 saturated heterocycles. The maximum Gasteiger partial charge on any atom is 0.278 e. The second-order valence-corrected chi connectivity index (χ2v) is 3.42. The van der Waals surface area contributed by atoms with Crippen LogP contribution in [0.4, 0.5) is 11.7 Å². The smallest absolute Gasteiger partial charge is 0.278 e. The molecule has 0 bridgehead atoms. The van der Waals surface area contributed by atoms with Gasteiger partial charge in [0.05, 0.1) is 13.2 Å². The SMILES string of the molecule is COCCN(CCOO)S(F)(F)F. The lowest BCUT2D eigenvalue weighted by Gasteiger charge is -2.25. The predicted molar refractivity (Wildman–Crippen MR) is 42.9 cm³/mol. The molecular formula is C5H12F3NO3S. The van der Waals surface area contributed by atoms with E-state index < -0.39 is 11.4 Å². The molecule has 13 heavy (non-hydrogen) atoms. The van der Waals surface area contributed by atoms with Gasteiger partial charge in [0.1, 0.15) is 0 Å². The maximum atomic E-state index is 12.2. The summed E-state index contributed by atoms with van der Waals surface area (Å²) in [5.41, 5.74) is 0. The fraction of sp³-hybridized carbons (Fsp3) is 1.00. The van der Waals surface area contributed by atoms with E-state index in [1.54, 1.807) is 0 Å². The van der Waals surface area contributed by atoms with Crippen LogP contribution in [0.1, 0.15) is 0 Å². The molecule has 0 aromatic rings. The van der Waals surface area contributed by atoms with Crippen molar-refractivity contribution in [2.24, 2.45) is 0 Å². The minimum Gasteiger partial charge on any atom is -0.383 e. The molecule has 0 aliphatic carbocycles. The zero-order chi connectivity index (χ0) is 10.3. The number of nitrogens with zero attached hydrogens (tertiary/aromatic N) is 1. The van der Waals surface area contributed by atoms with Crippen LogP contribution in [0.25, 0.3) is 0 Å². The van der Waals surface area contributed by atoms with E-state index in [4.69, 9.17) is 5.26 Å². The lowest BCUT2D eigenvalue weighted by molar-refractivity contribution is -0.242. The fourth-order valence-corrected chi connectivity index (χ4v) is 1.22. The quantitative estimate of drug-likeness (QED) is 0.528. The zero-order valence-corrected chi connectivity index (χ0v) is 7.90. The van der Waals surface area contributed by atoms with Crippen molar-refractivity contribution in [3.8, 4) is 0 Å². The van der Waals surface area contributed by atoms with Crippen molar-refractivity contribution in [1.29, 1.82) is 0 Å². The summed E-state index contributed by atoms with van der Waals surface area (Å²) >= 11 is -5.25. The van der Waals surface area contributed by atoms with Crippen LogP contribution >= 0.6 is 11.4 Å². The van der Waals surface area contributed by atoms with Crippen molar-refractivity contribution in [1.82, 2.24) is 4.31 Å². The molecule has 1 N–H and O–H groups in total. The highest BCUT2D eigenvalue weighted by molar-refractivity contribution is 8.18.